The van der Waals surface area contributed by atoms with Crippen molar-refractivity contribution < 1.29 is 9.84 Å². The van der Waals surface area contributed by atoms with Crippen LogP contribution < -0.4 is 16.0 Å². The van der Waals surface area contributed by atoms with Gasteiger partial charge in [0.15, 0.2) is 5.75 Å². The summed E-state index contributed by atoms with van der Waals surface area (Å²) < 4.78 is 8.01. The highest BCUT2D eigenvalue weighted by Crippen LogP contribution is 2.30. The maximum Gasteiger partial charge on any atom is 0.333 e. The van der Waals surface area contributed by atoms with Gasteiger partial charge in [0, 0.05) is 20.3 Å². The number of rotatable bonds is 4. The van der Waals surface area contributed by atoms with E-state index < -0.39 is 11.2 Å². The fourth-order valence-electron chi connectivity index (χ4n) is 2.28. The smallest absolute Gasteiger partial charge is 0.333 e. The highest BCUT2D eigenvalue weighted by atomic mass is 16.5. The van der Waals surface area contributed by atoms with Crippen molar-refractivity contribution in [3.8, 4) is 17.4 Å². The molecule has 26 heavy (non-hydrogen) atoms. The molecular formula is C19H17N3O4. The number of nitrogens with zero attached hydrogens (tertiary/aromatic N) is 3. The number of aliphatic imine (C=N–C) groups is 1. The molecule has 0 amide bonds. The van der Waals surface area contributed by atoms with Crippen molar-refractivity contribution in [1.82, 2.24) is 9.13 Å². The molecule has 0 fully saturated rings. The summed E-state index contributed by atoms with van der Waals surface area (Å²) in [7, 11) is 2.93. The Morgan fingerprint density at radius 3 is 2.42 bits per heavy atom. The van der Waals surface area contributed by atoms with E-state index in [-0.39, 0.29) is 11.6 Å². The third-order valence-electron chi connectivity index (χ3n) is 3.81. The van der Waals surface area contributed by atoms with E-state index in [1.807, 2.05) is 0 Å². The molecule has 0 aliphatic heterocycles. The molecule has 0 atom stereocenters. The Balaban J connectivity index is 1.94. The second-order valence-corrected chi connectivity index (χ2v) is 5.64. The van der Waals surface area contributed by atoms with Gasteiger partial charge in [0.1, 0.15) is 11.4 Å². The van der Waals surface area contributed by atoms with E-state index in [4.69, 9.17) is 4.74 Å². The molecule has 1 N–H and O–H groups in total. The van der Waals surface area contributed by atoms with Crippen LogP contribution in [0.5, 0.6) is 17.4 Å². The quantitative estimate of drug-likeness (QED) is 0.731. The van der Waals surface area contributed by atoms with Crippen LogP contribution in [-0.4, -0.2) is 20.5 Å². The Labute approximate surface area is 149 Å². The molecule has 7 heteroatoms. The molecule has 2 aromatic carbocycles. The Morgan fingerprint density at radius 2 is 1.69 bits per heavy atom. The van der Waals surface area contributed by atoms with E-state index in [2.05, 4.69) is 4.99 Å². The number of hydrogen-bond acceptors (Lipinski definition) is 5. The first-order valence-corrected chi connectivity index (χ1v) is 7.83. The van der Waals surface area contributed by atoms with Crippen molar-refractivity contribution in [3.63, 3.8) is 0 Å². The van der Waals surface area contributed by atoms with E-state index in [0.717, 1.165) is 10.1 Å². The molecule has 132 valence electrons. The highest BCUT2D eigenvalue weighted by Gasteiger charge is 2.10. The van der Waals surface area contributed by atoms with E-state index in [1.54, 1.807) is 54.7 Å². The van der Waals surface area contributed by atoms with Gasteiger partial charge < -0.3 is 9.84 Å². The molecule has 1 aromatic heterocycles. The van der Waals surface area contributed by atoms with Crippen molar-refractivity contribution in [2.45, 2.75) is 0 Å². The van der Waals surface area contributed by atoms with Gasteiger partial charge in [0.25, 0.3) is 5.56 Å². The molecule has 0 saturated heterocycles. The average Bonchev–Trinajstić information content (AvgIpc) is 2.65. The Hall–Kier alpha value is -3.61. The van der Waals surface area contributed by atoms with Crippen LogP contribution >= 0.6 is 0 Å². The van der Waals surface area contributed by atoms with Crippen LogP contribution in [-0.2, 0) is 14.1 Å². The van der Waals surface area contributed by atoms with Gasteiger partial charge in [-0.3, -0.25) is 18.9 Å². The molecular weight excluding hydrogens is 334 g/mol. The van der Waals surface area contributed by atoms with Gasteiger partial charge in [0.05, 0.1) is 6.07 Å². The molecule has 0 aliphatic carbocycles. The van der Waals surface area contributed by atoms with Crippen molar-refractivity contribution >= 4 is 11.9 Å². The van der Waals surface area contributed by atoms with Gasteiger partial charge in [0.2, 0.25) is 5.88 Å². The third-order valence-corrected chi connectivity index (χ3v) is 3.81. The first-order chi connectivity index (χ1) is 12.5. The summed E-state index contributed by atoms with van der Waals surface area (Å²) in [5.41, 5.74) is 0.415. The summed E-state index contributed by atoms with van der Waals surface area (Å²) >= 11 is 0. The molecule has 0 radical (unpaired) electrons. The second kappa shape index (κ2) is 7.10. The highest BCUT2D eigenvalue weighted by molar-refractivity contribution is 5.82. The number of para-hydroxylation sites is 2. The Kier molecular flexibility index (Phi) is 4.70. The minimum absolute atomic E-state index is 0.130. The van der Waals surface area contributed by atoms with Crippen molar-refractivity contribution in [2.24, 2.45) is 19.1 Å². The lowest BCUT2D eigenvalue weighted by Crippen LogP contribution is -2.36. The number of phenolic OH excluding ortho intramolecular Hbond substituents is 1. The van der Waals surface area contributed by atoms with Crippen LogP contribution in [0.1, 0.15) is 5.56 Å². The Morgan fingerprint density at radius 1 is 1.00 bits per heavy atom. The molecule has 0 saturated carbocycles. The first-order valence-electron chi connectivity index (χ1n) is 7.83. The van der Waals surface area contributed by atoms with Crippen LogP contribution in [0, 0.1) is 0 Å². The second-order valence-electron chi connectivity index (χ2n) is 5.64. The lowest BCUT2D eigenvalue weighted by Gasteiger charge is -2.12. The predicted octanol–water partition coefficient (Wildman–Crippen LogP) is 2.33. The zero-order chi connectivity index (χ0) is 18.7. The summed E-state index contributed by atoms with van der Waals surface area (Å²) in [4.78, 5) is 28.3. The summed E-state index contributed by atoms with van der Waals surface area (Å²) in [5.74, 6) is 0.716. The van der Waals surface area contributed by atoms with Gasteiger partial charge in [-0.25, -0.2) is 4.79 Å². The number of aromatic hydroxyl groups is 1. The topological polar surface area (TPSA) is 85.8 Å². The van der Waals surface area contributed by atoms with Crippen molar-refractivity contribution in [1.29, 1.82) is 0 Å². The van der Waals surface area contributed by atoms with E-state index in [1.165, 1.54) is 24.7 Å². The largest absolute Gasteiger partial charge is 0.508 e. The lowest BCUT2D eigenvalue weighted by atomic mass is 10.2. The molecule has 0 aliphatic rings. The number of benzene rings is 2. The predicted molar refractivity (Wildman–Crippen MR) is 98.8 cm³/mol. The molecule has 3 aromatic rings. The molecule has 1 heterocycles. The summed E-state index contributed by atoms with van der Waals surface area (Å²) in [6.07, 6.45) is 1.63. The number of ether oxygens (including phenoxy) is 1. The zero-order valence-electron chi connectivity index (χ0n) is 14.3. The summed E-state index contributed by atoms with van der Waals surface area (Å²) in [5, 5.41) is 9.32. The first kappa shape index (κ1) is 17.2. The van der Waals surface area contributed by atoms with Gasteiger partial charge in [-0.2, -0.15) is 0 Å². The molecule has 0 unspecified atom stereocenters. The van der Waals surface area contributed by atoms with E-state index in [0.29, 0.717) is 11.4 Å². The lowest BCUT2D eigenvalue weighted by molar-refractivity contribution is 0.424. The molecule has 0 bridgehead atoms. The number of phenols is 1. The average molecular weight is 351 g/mol. The SMILES string of the molecule is Cn1c(Oc2ccccc2N=Cc2ccc(O)cc2)cc(=O)n(C)c1=O. The van der Waals surface area contributed by atoms with Gasteiger partial charge in [-0.15, -0.1) is 0 Å². The van der Waals surface area contributed by atoms with Gasteiger partial charge in [-0.05, 0) is 42.0 Å². The fourth-order valence-corrected chi connectivity index (χ4v) is 2.28. The van der Waals surface area contributed by atoms with Crippen LogP contribution in [0.15, 0.2) is 69.2 Å². The standard InChI is InChI=1S/C19H17N3O4/c1-21-17(24)11-18(22(2)19(21)25)26-16-6-4-3-5-15(16)20-12-13-7-9-14(23)10-8-13/h3-12,23H,1-2H3. The minimum atomic E-state index is -0.474. The normalized spacial score (nSPS) is 11.0. The molecule has 3 rings (SSSR count). The summed E-state index contributed by atoms with van der Waals surface area (Å²) in [6, 6.07) is 14.9. The Bertz CT molecular complexity index is 1080. The van der Waals surface area contributed by atoms with Gasteiger partial charge >= 0.3 is 5.69 Å². The zero-order valence-corrected chi connectivity index (χ0v) is 14.3. The maximum atomic E-state index is 12.0. The van der Waals surface area contributed by atoms with Crippen LogP contribution in [0.2, 0.25) is 0 Å². The number of hydrogen-bond donors (Lipinski definition) is 1. The number of aromatic nitrogens is 2. The molecule has 7 nitrogen and oxygen atoms in total. The maximum absolute atomic E-state index is 12.0. The fraction of sp³-hybridized carbons (Fsp3) is 0.105. The minimum Gasteiger partial charge on any atom is -0.508 e. The monoisotopic (exact) mass is 351 g/mol. The van der Waals surface area contributed by atoms with Crippen LogP contribution in [0.3, 0.4) is 0 Å². The third kappa shape index (κ3) is 3.56. The van der Waals surface area contributed by atoms with Crippen LogP contribution in [0.25, 0.3) is 0 Å². The summed E-state index contributed by atoms with van der Waals surface area (Å²) in [6.45, 7) is 0. The van der Waals surface area contributed by atoms with Gasteiger partial charge in [-0.1, -0.05) is 12.1 Å². The van der Waals surface area contributed by atoms with Crippen molar-refractivity contribution in [2.75, 3.05) is 0 Å². The molecule has 0 spiro atoms. The van der Waals surface area contributed by atoms with Crippen molar-refractivity contribution in [3.05, 3.63) is 81.0 Å². The van der Waals surface area contributed by atoms with Crippen LogP contribution in [0.4, 0.5) is 5.69 Å². The van der Waals surface area contributed by atoms with E-state index >= 15 is 0 Å². The van der Waals surface area contributed by atoms with E-state index in [9.17, 15) is 14.7 Å².